The van der Waals surface area contributed by atoms with Crippen molar-refractivity contribution >= 4 is 11.9 Å². The van der Waals surface area contributed by atoms with Gasteiger partial charge in [0, 0.05) is 12.1 Å². The molecule has 1 unspecified atom stereocenters. The molecule has 1 aliphatic rings. The molecule has 0 fully saturated rings. The Bertz CT molecular complexity index is 388. The average molecular weight is 270 g/mol. The standard InChI is InChI=1S/C9H10O4.C4H12N2/c1-9(8(12)13)4-2-3-6(5-9)7(10)11;1-4(2)3-6-5/h2-4H,5H2,1H3,(H,10,11)(H,12,13);4,6H,3,5H2,1-2H3. The minimum atomic E-state index is -1.08. The summed E-state index contributed by atoms with van der Waals surface area (Å²) in [5.74, 6) is 3.58. The number of hydrogen-bond acceptors (Lipinski definition) is 4. The number of carbonyl (C=O) groups is 2. The monoisotopic (exact) mass is 270 g/mol. The Morgan fingerprint density at radius 3 is 2.37 bits per heavy atom. The van der Waals surface area contributed by atoms with E-state index in [9.17, 15) is 9.59 Å². The second-order valence-electron chi connectivity index (χ2n) is 5.06. The normalized spacial score (nSPS) is 21.4. The molecule has 0 amide bonds. The molecule has 0 aromatic carbocycles. The number of allylic oxidation sites excluding steroid dienone is 2. The summed E-state index contributed by atoms with van der Waals surface area (Å²) in [7, 11) is 0. The molecule has 0 saturated heterocycles. The van der Waals surface area contributed by atoms with Crippen LogP contribution in [-0.2, 0) is 9.59 Å². The molecule has 0 radical (unpaired) electrons. The number of aliphatic carboxylic acids is 2. The topological polar surface area (TPSA) is 113 Å². The smallest absolute Gasteiger partial charge is 0.331 e. The minimum absolute atomic E-state index is 0.0359. The Morgan fingerprint density at radius 1 is 1.47 bits per heavy atom. The van der Waals surface area contributed by atoms with Crippen LogP contribution in [0.15, 0.2) is 23.8 Å². The Labute approximate surface area is 113 Å². The van der Waals surface area contributed by atoms with Crippen molar-refractivity contribution in [3.05, 3.63) is 23.8 Å². The van der Waals surface area contributed by atoms with E-state index in [1.165, 1.54) is 25.2 Å². The first kappa shape index (κ1) is 17.3. The SMILES string of the molecule is CC(C)CNN.CC1(C(=O)O)C=CC=C(C(=O)O)C1. The molecule has 108 valence electrons. The lowest BCUT2D eigenvalue weighted by atomic mass is 9.80. The van der Waals surface area contributed by atoms with Crippen molar-refractivity contribution in [3.63, 3.8) is 0 Å². The molecule has 1 rings (SSSR count). The van der Waals surface area contributed by atoms with Crippen LogP contribution in [-0.4, -0.2) is 28.7 Å². The number of carboxylic acids is 2. The Morgan fingerprint density at radius 2 is 2.05 bits per heavy atom. The summed E-state index contributed by atoms with van der Waals surface area (Å²) in [6.45, 7) is 6.63. The summed E-state index contributed by atoms with van der Waals surface area (Å²) in [5, 5.41) is 17.5. The molecule has 0 aromatic heterocycles. The van der Waals surface area contributed by atoms with Crippen LogP contribution in [0.3, 0.4) is 0 Å². The summed E-state index contributed by atoms with van der Waals surface area (Å²) in [5.41, 5.74) is 1.62. The van der Waals surface area contributed by atoms with Crippen molar-refractivity contribution in [1.29, 1.82) is 0 Å². The van der Waals surface area contributed by atoms with Gasteiger partial charge >= 0.3 is 11.9 Å². The second-order valence-corrected chi connectivity index (χ2v) is 5.06. The zero-order valence-corrected chi connectivity index (χ0v) is 11.5. The van der Waals surface area contributed by atoms with Gasteiger partial charge in [-0.1, -0.05) is 32.1 Å². The molecule has 0 bridgehead atoms. The summed E-state index contributed by atoms with van der Waals surface area (Å²) in [6.07, 6.45) is 4.43. The van der Waals surface area contributed by atoms with Gasteiger partial charge in [0.2, 0.25) is 0 Å². The van der Waals surface area contributed by atoms with Gasteiger partial charge < -0.3 is 10.2 Å². The number of hydrazine groups is 1. The third-order valence-corrected chi connectivity index (χ3v) is 2.61. The predicted octanol–water partition coefficient (Wildman–Crippen LogP) is 1.15. The maximum atomic E-state index is 10.8. The van der Waals surface area contributed by atoms with Crippen molar-refractivity contribution in [2.45, 2.75) is 27.2 Å². The average Bonchev–Trinajstić information content (AvgIpc) is 2.29. The van der Waals surface area contributed by atoms with Crippen LogP contribution in [0.25, 0.3) is 0 Å². The van der Waals surface area contributed by atoms with E-state index < -0.39 is 17.4 Å². The van der Waals surface area contributed by atoms with Gasteiger partial charge in [-0.2, -0.15) is 0 Å². The van der Waals surface area contributed by atoms with Gasteiger partial charge in [-0.25, -0.2) is 4.79 Å². The van der Waals surface area contributed by atoms with E-state index in [1.807, 2.05) is 0 Å². The minimum Gasteiger partial charge on any atom is -0.481 e. The third kappa shape index (κ3) is 6.17. The summed E-state index contributed by atoms with van der Waals surface area (Å²) in [6, 6.07) is 0. The molecule has 0 saturated carbocycles. The number of nitrogens with one attached hydrogen (secondary N) is 1. The molecule has 6 nitrogen and oxygen atoms in total. The first-order valence-electron chi connectivity index (χ1n) is 6.01. The molecule has 0 spiro atoms. The molecule has 1 aliphatic carbocycles. The van der Waals surface area contributed by atoms with Crippen LogP contribution in [0.2, 0.25) is 0 Å². The van der Waals surface area contributed by atoms with Gasteiger partial charge in [-0.3, -0.25) is 16.1 Å². The van der Waals surface area contributed by atoms with Crippen LogP contribution in [0.5, 0.6) is 0 Å². The van der Waals surface area contributed by atoms with Crippen LogP contribution in [0.4, 0.5) is 0 Å². The molecule has 5 N–H and O–H groups in total. The largest absolute Gasteiger partial charge is 0.481 e. The fraction of sp³-hybridized carbons (Fsp3) is 0.538. The highest BCUT2D eigenvalue weighted by Gasteiger charge is 2.34. The first-order chi connectivity index (χ1) is 8.73. The van der Waals surface area contributed by atoms with Crippen molar-refractivity contribution in [2.75, 3.05) is 6.54 Å². The van der Waals surface area contributed by atoms with Gasteiger partial charge in [-0.15, -0.1) is 0 Å². The maximum Gasteiger partial charge on any atom is 0.331 e. The zero-order chi connectivity index (χ0) is 15.1. The molecule has 1 atom stereocenters. The van der Waals surface area contributed by atoms with Gasteiger partial charge in [-0.05, 0) is 19.3 Å². The van der Waals surface area contributed by atoms with Crippen molar-refractivity contribution in [2.24, 2.45) is 17.2 Å². The molecule has 0 heterocycles. The molecule has 19 heavy (non-hydrogen) atoms. The molecular formula is C13H22N2O4. The summed E-state index contributed by atoms with van der Waals surface area (Å²) >= 11 is 0. The van der Waals surface area contributed by atoms with Gasteiger partial charge in [0.15, 0.2) is 0 Å². The van der Waals surface area contributed by atoms with E-state index in [2.05, 4.69) is 19.3 Å². The van der Waals surface area contributed by atoms with Crippen LogP contribution in [0.1, 0.15) is 27.2 Å². The van der Waals surface area contributed by atoms with Crippen molar-refractivity contribution in [1.82, 2.24) is 5.43 Å². The van der Waals surface area contributed by atoms with E-state index in [1.54, 1.807) is 0 Å². The van der Waals surface area contributed by atoms with Gasteiger partial charge in [0.05, 0.1) is 5.41 Å². The molecule has 0 aliphatic heterocycles. The molecule has 0 aromatic rings. The lowest BCUT2D eigenvalue weighted by Gasteiger charge is -2.23. The zero-order valence-electron chi connectivity index (χ0n) is 11.5. The van der Waals surface area contributed by atoms with Crippen LogP contribution < -0.4 is 11.3 Å². The lowest BCUT2D eigenvalue weighted by Crippen LogP contribution is -2.28. The van der Waals surface area contributed by atoms with E-state index in [0.717, 1.165) is 6.54 Å². The predicted molar refractivity (Wildman–Crippen MR) is 72.2 cm³/mol. The highest BCUT2D eigenvalue weighted by molar-refractivity contribution is 5.90. The Kier molecular flexibility index (Phi) is 7.03. The van der Waals surface area contributed by atoms with Crippen LogP contribution in [0, 0.1) is 11.3 Å². The quantitative estimate of drug-likeness (QED) is 0.450. The maximum absolute atomic E-state index is 10.8. The first-order valence-corrected chi connectivity index (χ1v) is 6.01. The third-order valence-electron chi connectivity index (χ3n) is 2.61. The second kappa shape index (κ2) is 7.70. The number of nitrogens with two attached hydrogens (primary N) is 1. The fourth-order valence-electron chi connectivity index (χ4n) is 1.42. The van der Waals surface area contributed by atoms with Crippen molar-refractivity contribution < 1.29 is 19.8 Å². The van der Waals surface area contributed by atoms with E-state index in [4.69, 9.17) is 16.1 Å². The van der Waals surface area contributed by atoms with E-state index >= 15 is 0 Å². The summed E-state index contributed by atoms with van der Waals surface area (Å²) in [4.78, 5) is 21.3. The molecule has 6 heteroatoms. The number of rotatable bonds is 4. The van der Waals surface area contributed by atoms with E-state index in [-0.39, 0.29) is 12.0 Å². The lowest BCUT2D eigenvalue weighted by molar-refractivity contribution is -0.145. The Hall–Kier alpha value is -1.66. The van der Waals surface area contributed by atoms with Crippen LogP contribution >= 0.6 is 0 Å². The van der Waals surface area contributed by atoms with Crippen molar-refractivity contribution in [3.8, 4) is 0 Å². The number of carboxylic acid groups (broad SMARTS) is 2. The molecular weight excluding hydrogens is 248 g/mol. The van der Waals surface area contributed by atoms with Gasteiger partial charge in [0.25, 0.3) is 0 Å². The summed E-state index contributed by atoms with van der Waals surface area (Å²) < 4.78 is 0. The highest BCUT2D eigenvalue weighted by atomic mass is 16.4. The highest BCUT2D eigenvalue weighted by Crippen LogP contribution is 2.31. The number of hydrogen-bond donors (Lipinski definition) is 4. The Balaban J connectivity index is 0.000000459. The van der Waals surface area contributed by atoms with E-state index in [0.29, 0.717) is 5.92 Å². The van der Waals surface area contributed by atoms with Gasteiger partial charge in [0.1, 0.15) is 0 Å². The fourth-order valence-corrected chi connectivity index (χ4v) is 1.42.